The highest BCUT2D eigenvalue weighted by molar-refractivity contribution is 7.51. The number of carboxylic acid groups (broad SMARTS) is 1. The molecule has 0 aromatic heterocycles. The lowest BCUT2D eigenvalue weighted by molar-refractivity contribution is -0.345. The summed E-state index contributed by atoms with van der Waals surface area (Å²) in [5.74, 6) is -1.71. The van der Waals surface area contributed by atoms with Crippen molar-refractivity contribution < 1.29 is 30.0 Å². The van der Waals surface area contributed by atoms with Gasteiger partial charge in [0.2, 0.25) is 3.79 Å². The molecule has 0 fully saturated rings. The second kappa shape index (κ2) is 6.03. The van der Waals surface area contributed by atoms with E-state index in [0.29, 0.717) is 0 Å². The van der Waals surface area contributed by atoms with E-state index in [2.05, 4.69) is 5.73 Å². The lowest BCUT2D eigenvalue weighted by Crippen LogP contribution is -2.49. The average Bonchev–Trinajstić information content (AvgIpc) is 1.85. The van der Waals surface area contributed by atoms with Crippen molar-refractivity contribution in [1.82, 2.24) is 0 Å². The minimum absolute atomic E-state index is 0.312. The molecule has 10 heteroatoms. The standard InChI is InChI=1S/C2HCl3O2.CH6NO3P/c3-2(4,5)1(6)7;2-1-6(3,4)5/h(H,6,7);1-2H2,(H2,3,4,5). The van der Waals surface area contributed by atoms with Crippen molar-refractivity contribution in [3.05, 3.63) is 0 Å². The lowest BCUT2D eigenvalue weighted by atomic mass is 10.8. The maximum absolute atomic E-state index is 9.63. The second-order valence-electron chi connectivity index (χ2n) is 1.67. The fraction of sp³-hybridized carbons (Fsp3) is 0.667. The first-order valence-electron chi connectivity index (χ1n) is 2.62. The van der Waals surface area contributed by atoms with E-state index in [1.54, 1.807) is 0 Å². The predicted molar refractivity (Wildman–Crippen MR) is 45.1 cm³/mol. The van der Waals surface area contributed by atoms with Gasteiger partial charge in [0.1, 0.15) is 0 Å². The molecule has 13 heavy (non-hydrogen) atoms. The van der Waals surface area contributed by atoms with Crippen LogP contribution in [0.4, 0.5) is 0 Å². The van der Waals surface area contributed by atoms with Gasteiger partial charge >= 0.3 is 7.60 Å². The molecule has 0 unspecified atom stereocenters. The molecule has 0 aromatic carbocycles. The summed E-state index contributed by atoms with van der Waals surface area (Å²) in [7, 11) is -3.76. The van der Waals surface area contributed by atoms with E-state index < -0.39 is 17.4 Å². The van der Waals surface area contributed by atoms with Crippen molar-refractivity contribution >= 4 is 48.4 Å². The first kappa shape index (κ1) is 15.9. The van der Waals surface area contributed by atoms with Gasteiger partial charge in [0.25, 0.3) is 0 Å². The summed E-state index contributed by atoms with van der Waals surface area (Å²) in [5, 5.41) is 9.51. The van der Waals surface area contributed by atoms with Crippen LogP contribution in [0.25, 0.3) is 0 Å². The number of quaternary nitrogens is 1. The van der Waals surface area contributed by atoms with Crippen LogP contribution in [-0.2, 0) is 9.36 Å². The molecule has 0 aliphatic carbocycles. The fourth-order valence-corrected chi connectivity index (χ4v) is 0. The molecule has 0 radical (unpaired) electrons. The Morgan fingerprint density at radius 3 is 1.62 bits per heavy atom. The Morgan fingerprint density at radius 2 is 1.62 bits per heavy atom. The van der Waals surface area contributed by atoms with E-state index in [1.807, 2.05) is 0 Å². The van der Waals surface area contributed by atoms with Gasteiger partial charge in [0, 0.05) is 0 Å². The summed E-state index contributed by atoms with van der Waals surface area (Å²) in [5.41, 5.74) is 2.99. The van der Waals surface area contributed by atoms with Gasteiger partial charge in [0.15, 0.2) is 6.29 Å². The van der Waals surface area contributed by atoms with Crippen molar-refractivity contribution in [3.8, 4) is 0 Å². The molecule has 6 nitrogen and oxygen atoms in total. The summed E-state index contributed by atoms with van der Waals surface area (Å²) in [6.45, 7) is 0. The molecule has 0 atom stereocenters. The highest BCUT2D eigenvalue weighted by atomic mass is 35.6. The third-order valence-corrected chi connectivity index (χ3v) is 1.57. The van der Waals surface area contributed by atoms with Gasteiger partial charge in [-0.3, -0.25) is 4.57 Å². The van der Waals surface area contributed by atoms with Gasteiger partial charge in [0.05, 0.1) is 5.97 Å². The molecule has 80 valence electrons. The van der Waals surface area contributed by atoms with Crippen LogP contribution in [-0.4, -0.2) is 25.8 Å². The Bertz CT molecular complexity index is 210. The monoisotopic (exact) mass is 273 g/mol. The third-order valence-electron chi connectivity index (χ3n) is 0.523. The normalized spacial score (nSPS) is 11.5. The molecule has 0 rings (SSSR count). The molecule has 5 N–H and O–H groups in total. The van der Waals surface area contributed by atoms with Gasteiger partial charge in [-0.05, 0) is 0 Å². The van der Waals surface area contributed by atoms with Crippen LogP contribution in [0.5, 0.6) is 0 Å². The first-order chi connectivity index (χ1) is 5.50. The Hall–Kier alpha value is 0.450. The van der Waals surface area contributed by atoms with Crippen molar-refractivity contribution in [1.29, 1.82) is 0 Å². The topological polar surface area (TPSA) is 125 Å². The zero-order chi connectivity index (χ0) is 11.3. The molecule has 0 amide bonds. The zero-order valence-corrected chi connectivity index (χ0v) is 9.28. The number of rotatable bonds is 1. The molecule has 0 bridgehead atoms. The van der Waals surface area contributed by atoms with Crippen molar-refractivity contribution in [2.45, 2.75) is 3.79 Å². The SMILES string of the molecule is O=C([O-])C(Cl)(Cl)Cl.[NH3+]CP(=O)(O)O. The van der Waals surface area contributed by atoms with Crippen LogP contribution in [0.3, 0.4) is 0 Å². The van der Waals surface area contributed by atoms with E-state index in [1.165, 1.54) is 0 Å². The van der Waals surface area contributed by atoms with Crippen LogP contribution in [0.15, 0.2) is 0 Å². The number of alkyl halides is 3. The van der Waals surface area contributed by atoms with E-state index in [9.17, 15) is 14.5 Å². The summed E-state index contributed by atoms with van der Waals surface area (Å²) in [6, 6.07) is 0. The second-order valence-corrected chi connectivity index (χ2v) is 5.73. The quantitative estimate of drug-likeness (QED) is 0.395. The van der Waals surface area contributed by atoms with E-state index in [-0.39, 0.29) is 6.29 Å². The molecule has 0 aliphatic rings. The van der Waals surface area contributed by atoms with Crippen molar-refractivity contribution in [3.63, 3.8) is 0 Å². The number of aliphatic carboxylic acids is 1. The van der Waals surface area contributed by atoms with Gasteiger partial charge in [-0.25, -0.2) is 0 Å². The summed E-state index contributed by atoms with van der Waals surface area (Å²) in [6.07, 6.45) is -0.312. The zero-order valence-electron chi connectivity index (χ0n) is 6.11. The highest BCUT2D eigenvalue weighted by Crippen LogP contribution is 2.29. The van der Waals surface area contributed by atoms with Gasteiger partial charge in [-0.2, -0.15) is 0 Å². The minimum atomic E-state index is -3.76. The Morgan fingerprint density at radius 1 is 1.46 bits per heavy atom. The summed E-state index contributed by atoms with van der Waals surface area (Å²) < 4.78 is 7.35. The highest BCUT2D eigenvalue weighted by Gasteiger charge is 2.20. The Labute approximate surface area is 88.7 Å². The van der Waals surface area contributed by atoms with Gasteiger partial charge in [-0.15, -0.1) is 0 Å². The van der Waals surface area contributed by atoms with Gasteiger partial charge < -0.3 is 25.4 Å². The number of carboxylic acids is 1. The van der Waals surface area contributed by atoms with Crippen LogP contribution < -0.4 is 10.8 Å². The number of carbonyl (C=O) groups is 1. The molecule has 0 heterocycles. The number of carbonyl (C=O) groups excluding carboxylic acids is 1. The summed E-state index contributed by atoms with van der Waals surface area (Å²) in [4.78, 5) is 25.3. The van der Waals surface area contributed by atoms with E-state index in [0.717, 1.165) is 0 Å². The molecule has 0 aliphatic heterocycles. The molecule has 0 aromatic rings. The van der Waals surface area contributed by atoms with E-state index in [4.69, 9.17) is 44.6 Å². The maximum Gasteiger partial charge on any atom is 0.379 e. The van der Waals surface area contributed by atoms with Crippen LogP contribution in [0, 0.1) is 0 Å². The fourth-order valence-electron chi connectivity index (χ4n) is 0. The molecule has 0 saturated heterocycles. The maximum atomic E-state index is 9.63. The first-order valence-corrected chi connectivity index (χ1v) is 5.56. The van der Waals surface area contributed by atoms with E-state index >= 15 is 0 Å². The van der Waals surface area contributed by atoms with Gasteiger partial charge in [-0.1, -0.05) is 34.8 Å². The molecule has 0 spiro atoms. The Kier molecular flexibility index (Phi) is 7.38. The average molecular weight is 274 g/mol. The van der Waals surface area contributed by atoms with Crippen molar-refractivity contribution in [2.75, 3.05) is 6.29 Å². The number of hydrogen-bond donors (Lipinski definition) is 3. The largest absolute Gasteiger partial charge is 0.545 e. The molecule has 0 saturated carbocycles. The Balaban J connectivity index is 0. The van der Waals surface area contributed by atoms with Crippen LogP contribution in [0.1, 0.15) is 0 Å². The molecular formula is C3H7Cl3NO5P. The van der Waals surface area contributed by atoms with Crippen LogP contribution >= 0.6 is 42.4 Å². The van der Waals surface area contributed by atoms with Crippen molar-refractivity contribution in [2.24, 2.45) is 0 Å². The molecular weight excluding hydrogens is 267 g/mol. The minimum Gasteiger partial charge on any atom is -0.545 e. The summed E-state index contributed by atoms with van der Waals surface area (Å²) >= 11 is 14.2. The smallest absolute Gasteiger partial charge is 0.379 e. The predicted octanol–water partition coefficient (Wildman–Crippen LogP) is -1.53. The van der Waals surface area contributed by atoms with Crippen LogP contribution in [0.2, 0.25) is 0 Å². The number of hydrogen-bond acceptors (Lipinski definition) is 3. The number of halogens is 3. The third kappa shape index (κ3) is 15.2. The lowest BCUT2D eigenvalue weighted by Gasteiger charge is -2.09.